The molecule has 5 nitrogen and oxygen atoms in total. The van der Waals surface area contributed by atoms with Gasteiger partial charge in [0.25, 0.3) is 5.91 Å². The smallest absolute Gasteiger partial charge is 0.382 e. The zero-order valence-electron chi connectivity index (χ0n) is 10.8. The SMILES string of the molecule is CC(CC(F)(F)F)NC(=O)c1sc(NC2CC2)nc1N. The molecule has 0 aromatic carbocycles. The summed E-state index contributed by atoms with van der Waals surface area (Å²) < 4.78 is 36.6. The Morgan fingerprint density at radius 2 is 2.20 bits per heavy atom. The third-order valence-corrected chi connectivity index (χ3v) is 3.68. The van der Waals surface area contributed by atoms with Crippen molar-refractivity contribution in [1.82, 2.24) is 10.3 Å². The predicted octanol–water partition coefficient (Wildman–Crippen LogP) is 2.37. The molecule has 0 saturated heterocycles. The standard InChI is InChI=1S/C11H15F3N4OS/c1-5(4-11(12,13)14)16-9(19)7-8(15)18-10(20-7)17-6-2-3-6/h5-6H,2-4,15H2,1H3,(H,16,19)(H,17,18). The van der Waals surface area contributed by atoms with Crippen LogP contribution in [0.3, 0.4) is 0 Å². The van der Waals surface area contributed by atoms with Crippen molar-refractivity contribution in [3.05, 3.63) is 4.88 Å². The average molecular weight is 308 g/mol. The highest BCUT2D eigenvalue weighted by atomic mass is 32.1. The maximum absolute atomic E-state index is 12.2. The molecule has 112 valence electrons. The molecule has 1 saturated carbocycles. The first-order valence-electron chi connectivity index (χ1n) is 6.15. The normalized spacial score (nSPS) is 16.8. The Bertz CT molecular complexity index is 498. The Balaban J connectivity index is 1.95. The van der Waals surface area contributed by atoms with Crippen LogP contribution in [0.2, 0.25) is 0 Å². The molecule has 1 aromatic heterocycles. The van der Waals surface area contributed by atoms with Crippen LogP contribution in [0, 0.1) is 0 Å². The molecule has 2 rings (SSSR count). The van der Waals surface area contributed by atoms with Crippen LogP contribution >= 0.6 is 11.3 Å². The third-order valence-electron chi connectivity index (χ3n) is 2.68. The molecule has 0 spiro atoms. The molecule has 1 fully saturated rings. The largest absolute Gasteiger partial charge is 0.391 e. The zero-order valence-corrected chi connectivity index (χ0v) is 11.6. The number of carbonyl (C=O) groups excluding carboxylic acids is 1. The fourth-order valence-electron chi connectivity index (χ4n) is 1.65. The van der Waals surface area contributed by atoms with Gasteiger partial charge < -0.3 is 16.4 Å². The molecule has 20 heavy (non-hydrogen) atoms. The van der Waals surface area contributed by atoms with Gasteiger partial charge in [-0.2, -0.15) is 13.2 Å². The van der Waals surface area contributed by atoms with Crippen molar-refractivity contribution >= 4 is 28.2 Å². The van der Waals surface area contributed by atoms with Gasteiger partial charge in [-0.1, -0.05) is 11.3 Å². The molecular weight excluding hydrogens is 293 g/mol. The number of thiazole rings is 1. The summed E-state index contributed by atoms with van der Waals surface area (Å²) in [6.07, 6.45) is -3.30. The summed E-state index contributed by atoms with van der Waals surface area (Å²) in [7, 11) is 0. The summed E-state index contributed by atoms with van der Waals surface area (Å²) >= 11 is 1.06. The van der Waals surface area contributed by atoms with Gasteiger partial charge >= 0.3 is 6.18 Å². The van der Waals surface area contributed by atoms with Crippen LogP contribution in [-0.4, -0.2) is 29.2 Å². The number of hydrogen-bond donors (Lipinski definition) is 3. The lowest BCUT2D eigenvalue weighted by atomic mass is 10.2. The van der Waals surface area contributed by atoms with E-state index in [1.54, 1.807) is 0 Å². The highest BCUT2D eigenvalue weighted by molar-refractivity contribution is 7.18. The quantitative estimate of drug-likeness (QED) is 0.780. The van der Waals surface area contributed by atoms with Crippen LogP contribution in [0.1, 0.15) is 35.9 Å². The van der Waals surface area contributed by atoms with Crippen LogP contribution in [0.5, 0.6) is 0 Å². The van der Waals surface area contributed by atoms with E-state index in [2.05, 4.69) is 15.6 Å². The first-order chi connectivity index (χ1) is 9.24. The van der Waals surface area contributed by atoms with Crippen LogP contribution in [-0.2, 0) is 0 Å². The van der Waals surface area contributed by atoms with Gasteiger partial charge in [0.2, 0.25) is 0 Å². The Kier molecular flexibility index (Phi) is 4.07. The summed E-state index contributed by atoms with van der Waals surface area (Å²) in [5.74, 6) is -0.588. The molecule has 0 aliphatic heterocycles. The van der Waals surface area contributed by atoms with Gasteiger partial charge in [-0.25, -0.2) is 4.98 Å². The van der Waals surface area contributed by atoms with Crippen molar-refractivity contribution in [2.75, 3.05) is 11.1 Å². The Labute approximate surface area is 117 Å². The maximum Gasteiger partial charge on any atom is 0.391 e. The van der Waals surface area contributed by atoms with Crippen molar-refractivity contribution in [3.8, 4) is 0 Å². The van der Waals surface area contributed by atoms with Gasteiger partial charge in [-0.15, -0.1) is 0 Å². The van der Waals surface area contributed by atoms with Gasteiger partial charge in [0, 0.05) is 12.1 Å². The van der Waals surface area contributed by atoms with E-state index in [4.69, 9.17) is 5.73 Å². The lowest BCUT2D eigenvalue weighted by Gasteiger charge is -2.15. The topological polar surface area (TPSA) is 80.0 Å². The first-order valence-corrected chi connectivity index (χ1v) is 6.96. The van der Waals surface area contributed by atoms with Crippen molar-refractivity contribution in [1.29, 1.82) is 0 Å². The van der Waals surface area contributed by atoms with Gasteiger partial charge in [-0.3, -0.25) is 4.79 Å². The van der Waals surface area contributed by atoms with E-state index < -0.39 is 24.5 Å². The summed E-state index contributed by atoms with van der Waals surface area (Å²) in [5, 5.41) is 5.90. The molecule has 1 aliphatic rings. The first kappa shape index (κ1) is 14.9. The number of anilines is 2. The van der Waals surface area contributed by atoms with Gasteiger partial charge in [0.1, 0.15) is 10.7 Å². The highest BCUT2D eigenvalue weighted by Gasteiger charge is 2.31. The second-order valence-corrected chi connectivity index (χ2v) is 5.84. The van der Waals surface area contributed by atoms with Crippen LogP contribution in [0.15, 0.2) is 0 Å². The monoisotopic (exact) mass is 308 g/mol. The molecule has 1 amide bonds. The van der Waals surface area contributed by atoms with Gasteiger partial charge in [0.15, 0.2) is 5.13 Å². The zero-order chi connectivity index (χ0) is 14.9. The van der Waals surface area contributed by atoms with Gasteiger partial charge in [-0.05, 0) is 19.8 Å². The second kappa shape index (κ2) is 5.47. The van der Waals surface area contributed by atoms with E-state index in [1.165, 1.54) is 6.92 Å². The lowest BCUT2D eigenvalue weighted by molar-refractivity contribution is -0.138. The number of hydrogen-bond acceptors (Lipinski definition) is 5. The van der Waals surface area contributed by atoms with Crippen LogP contribution < -0.4 is 16.4 Å². The Hall–Kier alpha value is -1.51. The van der Waals surface area contributed by atoms with Crippen molar-refractivity contribution in [2.45, 2.75) is 44.4 Å². The second-order valence-electron chi connectivity index (χ2n) is 4.85. The van der Waals surface area contributed by atoms with E-state index >= 15 is 0 Å². The van der Waals surface area contributed by atoms with E-state index in [1.807, 2.05) is 0 Å². The van der Waals surface area contributed by atoms with E-state index in [9.17, 15) is 18.0 Å². The minimum absolute atomic E-state index is 0.0369. The fraction of sp³-hybridized carbons (Fsp3) is 0.636. The molecule has 0 radical (unpaired) electrons. The van der Waals surface area contributed by atoms with Crippen LogP contribution in [0.25, 0.3) is 0 Å². The number of nitrogens with one attached hydrogen (secondary N) is 2. The molecular formula is C11H15F3N4OS. The number of halogens is 3. The van der Waals surface area contributed by atoms with Crippen molar-refractivity contribution in [3.63, 3.8) is 0 Å². The van der Waals surface area contributed by atoms with E-state index in [-0.39, 0.29) is 10.7 Å². The lowest BCUT2D eigenvalue weighted by Crippen LogP contribution is -2.35. The average Bonchev–Trinajstić information content (AvgIpc) is 2.98. The summed E-state index contributed by atoms with van der Waals surface area (Å²) in [6.45, 7) is 1.30. The summed E-state index contributed by atoms with van der Waals surface area (Å²) in [5.41, 5.74) is 5.62. The molecule has 1 atom stereocenters. The Morgan fingerprint density at radius 3 is 2.75 bits per heavy atom. The minimum Gasteiger partial charge on any atom is -0.382 e. The van der Waals surface area contributed by atoms with Crippen molar-refractivity contribution in [2.24, 2.45) is 0 Å². The fourth-order valence-corrected chi connectivity index (χ4v) is 2.51. The predicted molar refractivity (Wildman–Crippen MR) is 70.8 cm³/mol. The molecule has 1 unspecified atom stereocenters. The number of nitrogens with two attached hydrogens (primary N) is 1. The van der Waals surface area contributed by atoms with E-state index in [0.29, 0.717) is 11.2 Å². The summed E-state index contributed by atoms with van der Waals surface area (Å²) in [6, 6.07) is -0.649. The number of amides is 1. The van der Waals surface area contributed by atoms with Gasteiger partial charge in [0.05, 0.1) is 6.42 Å². The number of nitrogens with zero attached hydrogens (tertiary/aromatic N) is 1. The number of nitrogen functional groups attached to an aromatic ring is 1. The van der Waals surface area contributed by atoms with Crippen molar-refractivity contribution < 1.29 is 18.0 Å². The van der Waals surface area contributed by atoms with E-state index in [0.717, 1.165) is 24.2 Å². The number of aromatic nitrogens is 1. The maximum atomic E-state index is 12.2. The minimum atomic E-state index is -4.31. The third kappa shape index (κ3) is 4.26. The molecule has 1 aromatic rings. The highest BCUT2D eigenvalue weighted by Crippen LogP contribution is 2.30. The number of alkyl halides is 3. The number of rotatable bonds is 5. The van der Waals surface area contributed by atoms with Crippen LogP contribution in [0.4, 0.5) is 24.1 Å². The summed E-state index contributed by atoms with van der Waals surface area (Å²) in [4.78, 5) is 16.0. The molecule has 0 bridgehead atoms. The molecule has 1 heterocycles. The number of carbonyl (C=O) groups is 1. The molecule has 4 N–H and O–H groups in total. The Morgan fingerprint density at radius 1 is 1.55 bits per heavy atom. The molecule has 1 aliphatic carbocycles. The molecule has 9 heteroatoms.